The number of carbonyl (C=O) groups is 2. The monoisotopic (exact) mass is 440 g/mol. The van der Waals surface area contributed by atoms with Gasteiger partial charge in [0.25, 0.3) is 11.8 Å². The van der Waals surface area contributed by atoms with Crippen molar-refractivity contribution in [2.24, 2.45) is 0 Å². The normalized spacial score (nSPS) is 15.6. The van der Waals surface area contributed by atoms with Crippen LogP contribution in [0.4, 0.5) is 10.1 Å². The molecule has 8 heteroatoms. The first-order chi connectivity index (χ1) is 14.3. The van der Waals surface area contributed by atoms with Crippen molar-refractivity contribution in [1.82, 2.24) is 5.32 Å². The molecule has 0 atom stereocenters. The predicted octanol–water partition coefficient (Wildman–Crippen LogP) is 4.88. The Labute approximate surface area is 181 Å². The Kier molecular flexibility index (Phi) is 5.24. The molecule has 1 N–H and O–H groups in total. The van der Waals surface area contributed by atoms with Gasteiger partial charge in [-0.05, 0) is 79.3 Å². The fourth-order valence-electron chi connectivity index (χ4n) is 3.06. The lowest BCUT2D eigenvalue weighted by molar-refractivity contribution is -0.122. The van der Waals surface area contributed by atoms with Gasteiger partial charge in [0.15, 0.2) is 5.11 Å². The van der Waals surface area contributed by atoms with E-state index in [1.165, 1.54) is 23.1 Å². The van der Waals surface area contributed by atoms with Crippen LogP contribution >= 0.6 is 23.8 Å². The third-order valence-electron chi connectivity index (χ3n) is 4.62. The van der Waals surface area contributed by atoms with Crippen molar-refractivity contribution < 1.29 is 18.4 Å². The number of hydrogen-bond acceptors (Lipinski definition) is 4. The highest BCUT2D eigenvalue weighted by atomic mass is 35.5. The third-order valence-corrected chi connectivity index (χ3v) is 5.32. The number of amides is 2. The van der Waals surface area contributed by atoms with Crippen molar-refractivity contribution in [2.75, 3.05) is 4.90 Å². The van der Waals surface area contributed by atoms with E-state index in [0.29, 0.717) is 33.4 Å². The largest absolute Gasteiger partial charge is 0.457 e. The molecule has 2 aromatic carbocycles. The average molecular weight is 441 g/mol. The first kappa shape index (κ1) is 20.0. The fourth-order valence-corrected chi connectivity index (χ4v) is 3.50. The lowest BCUT2D eigenvalue weighted by atomic mass is 10.1. The van der Waals surface area contributed by atoms with E-state index in [1.54, 1.807) is 49.4 Å². The van der Waals surface area contributed by atoms with E-state index in [2.05, 4.69) is 5.32 Å². The summed E-state index contributed by atoms with van der Waals surface area (Å²) in [5.74, 6) is -0.800. The molecule has 1 saturated heterocycles. The number of anilines is 1. The van der Waals surface area contributed by atoms with Gasteiger partial charge in [-0.15, -0.1) is 0 Å². The molecule has 2 amide bonds. The summed E-state index contributed by atoms with van der Waals surface area (Å²) in [6.07, 6.45) is 1.35. The molecule has 1 fully saturated rings. The van der Waals surface area contributed by atoms with Gasteiger partial charge in [-0.3, -0.25) is 19.8 Å². The second kappa shape index (κ2) is 7.85. The summed E-state index contributed by atoms with van der Waals surface area (Å²) >= 11 is 11.4. The molecule has 1 aromatic heterocycles. The number of nitrogens with zero attached hydrogens (tertiary/aromatic N) is 1. The minimum absolute atomic E-state index is 0.0287. The zero-order valence-corrected chi connectivity index (χ0v) is 17.2. The van der Waals surface area contributed by atoms with Crippen molar-refractivity contribution in [2.45, 2.75) is 6.92 Å². The second-order valence-corrected chi connectivity index (χ2v) is 7.34. The molecule has 4 rings (SSSR count). The molecule has 2 heterocycles. The Balaban J connectivity index is 1.70. The molecule has 0 bridgehead atoms. The zero-order valence-electron chi connectivity index (χ0n) is 15.6. The maximum absolute atomic E-state index is 13.1. The number of hydrogen-bond donors (Lipinski definition) is 1. The predicted molar refractivity (Wildman–Crippen MR) is 116 cm³/mol. The maximum atomic E-state index is 13.1. The minimum atomic E-state index is -0.624. The number of carbonyl (C=O) groups excluding carboxylic acids is 2. The van der Waals surface area contributed by atoms with Crippen molar-refractivity contribution in [1.29, 1.82) is 0 Å². The van der Waals surface area contributed by atoms with E-state index in [4.69, 9.17) is 28.2 Å². The van der Waals surface area contributed by atoms with Crippen LogP contribution in [0.3, 0.4) is 0 Å². The van der Waals surface area contributed by atoms with Crippen molar-refractivity contribution in [3.63, 3.8) is 0 Å². The molecule has 1 aliphatic rings. The summed E-state index contributed by atoms with van der Waals surface area (Å²) in [5, 5.41) is 2.97. The lowest BCUT2D eigenvalue weighted by Gasteiger charge is -2.30. The Bertz CT molecular complexity index is 1220. The fraction of sp³-hybridized carbons (Fsp3) is 0.0455. The van der Waals surface area contributed by atoms with Gasteiger partial charge in [0.2, 0.25) is 0 Å². The maximum Gasteiger partial charge on any atom is 0.270 e. The van der Waals surface area contributed by atoms with Gasteiger partial charge in [0.1, 0.15) is 22.9 Å². The first-order valence-corrected chi connectivity index (χ1v) is 9.66. The number of nitrogens with one attached hydrogen (secondary N) is 1. The zero-order chi connectivity index (χ0) is 21.4. The molecule has 0 saturated carbocycles. The lowest BCUT2D eigenvalue weighted by Crippen LogP contribution is -2.54. The van der Waals surface area contributed by atoms with Crippen molar-refractivity contribution in [3.8, 4) is 11.3 Å². The van der Waals surface area contributed by atoms with Crippen LogP contribution in [0.15, 0.2) is 64.6 Å². The Morgan fingerprint density at radius 2 is 1.83 bits per heavy atom. The number of thiocarbonyl (C=S) groups is 1. The molecule has 0 unspecified atom stereocenters. The summed E-state index contributed by atoms with van der Waals surface area (Å²) in [7, 11) is 0. The smallest absolute Gasteiger partial charge is 0.270 e. The van der Waals surface area contributed by atoms with Gasteiger partial charge in [-0.25, -0.2) is 4.39 Å². The highest BCUT2D eigenvalue weighted by Gasteiger charge is 2.35. The van der Waals surface area contributed by atoms with Crippen LogP contribution in [0.25, 0.3) is 17.4 Å². The number of halogens is 2. The van der Waals surface area contributed by atoms with Gasteiger partial charge in [0, 0.05) is 10.6 Å². The Morgan fingerprint density at radius 1 is 1.10 bits per heavy atom. The molecule has 1 aliphatic heterocycles. The van der Waals surface area contributed by atoms with E-state index in [9.17, 15) is 14.0 Å². The number of benzene rings is 2. The summed E-state index contributed by atoms with van der Waals surface area (Å²) in [6.45, 7) is 1.76. The molecule has 0 spiro atoms. The van der Waals surface area contributed by atoms with Gasteiger partial charge < -0.3 is 4.42 Å². The summed E-state index contributed by atoms with van der Waals surface area (Å²) < 4.78 is 18.8. The molecule has 0 aliphatic carbocycles. The standard InChI is InChI=1S/C22H14ClFN2O3S/c1-12-17(23)3-2-4-18(12)26-21(28)16(20(27)25-22(26)30)11-15-9-10-19(29-15)13-5-7-14(24)8-6-13/h2-11H,1H3,(H,25,27,30)/b16-11+. The van der Waals surface area contributed by atoms with Gasteiger partial charge >= 0.3 is 0 Å². The summed E-state index contributed by atoms with van der Waals surface area (Å²) in [4.78, 5) is 26.8. The van der Waals surface area contributed by atoms with Crippen LogP contribution in [0.5, 0.6) is 0 Å². The van der Waals surface area contributed by atoms with Gasteiger partial charge in [0.05, 0.1) is 5.69 Å². The topological polar surface area (TPSA) is 62.6 Å². The van der Waals surface area contributed by atoms with Crippen LogP contribution in [0, 0.1) is 12.7 Å². The molecular formula is C22H14ClFN2O3S. The van der Waals surface area contributed by atoms with E-state index < -0.39 is 11.8 Å². The Morgan fingerprint density at radius 3 is 2.57 bits per heavy atom. The van der Waals surface area contributed by atoms with Gasteiger partial charge in [-0.1, -0.05) is 17.7 Å². The number of furan rings is 1. The first-order valence-electron chi connectivity index (χ1n) is 8.87. The third kappa shape index (κ3) is 3.65. The highest BCUT2D eigenvalue weighted by Crippen LogP contribution is 2.30. The SMILES string of the molecule is Cc1c(Cl)cccc1N1C(=O)/C(=C/c2ccc(-c3ccc(F)cc3)o2)C(=O)NC1=S. The summed E-state index contributed by atoms with van der Waals surface area (Å²) in [5.41, 5.74) is 1.66. The molecule has 3 aromatic rings. The second-order valence-electron chi connectivity index (χ2n) is 6.55. The van der Waals surface area contributed by atoms with Crippen molar-refractivity contribution >= 4 is 52.5 Å². The minimum Gasteiger partial charge on any atom is -0.457 e. The van der Waals surface area contributed by atoms with E-state index >= 15 is 0 Å². The average Bonchev–Trinajstić information content (AvgIpc) is 3.17. The molecule has 5 nitrogen and oxygen atoms in total. The quantitative estimate of drug-likeness (QED) is 0.358. The molecule has 150 valence electrons. The van der Waals surface area contributed by atoms with Crippen LogP contribution < -0.4 is 10.2 Å². The van der Waals surface area contributed by atoms with Crippen LogP contribution in [0.1, 0.15) is 11.3 Å². The van der Waals surface area contributed by atoms with E-state index in [-0.39, 0.29) is 16.5 Å². The van der Waals surface area contributed by atoms with E-state index in [1.807, 2.05) is 0 Å². The van der Waals surface area contributed by atoms with Crippen LogP contribution in [0.2, 0.25) is 5.02 Å². The van der Waals surface area contributed by atoms with Crippen LogP contribution in [-0.4, -0.2) is 16.9 Å². The summed E-state index contributed by atoms with van der Waals surface area (Å²) in [6, 6.07) is 14.2. The van der Waals surface area contributed by atoms with Gasteiger partial charge in [-0.2, -0.15) is 0 Å². The number of rotatable bonds is 3. The van der Waals surface area contributed by atoms with Crippen molar-refractivity contribution in [3.05, 3.63) is 82.3 Å². The molecule has 30 heavy (non-hydrogen) atoms. The highest BCUT2D eigenvalue weighted by molar-refractivity contribution is 7.80. The van der Waals surface area contributed by atoms with Crippen LogP contribution in [-0.2, 0) is 9.59 Å². The molecule has 0 radical (unpaired) electrons. The Hall–Kier alpha value is -3.29. The van der Waals surface area contributed by atoms with E-state index in [0.717, 1.165) is 0 Å². The molecular weight excluding hydrogens is 427 g/mol.